The van der Waals surface area contributed by atoms with Crippen molar-refractivity contribution in [2.75, 3.05) is 7.11 Å². The van der Waals surface area contributed by atoms with E-state index in [0.29, 0.717) is 33.1 Å². The van der Waals surface area contributed by atoms with Crippen LogP contribution in [0, 0.1) is 11.3 Å². The number of ether oxygens (including phenoxy) is 2. The lowest BCUT2D eigenvalue weighted by Crippen LogP contribution is -1.95. The first-order valence-corrected chi connectivity index (χ1v) is 7.69. The first kappa shape index (κ1) is 15.9. The van der Waals surface area contributed by atoms with Gasteiger partial charge in [0.2, 0.25) is 5.88 Å². The molecule has 0 saturated carbocycles. The van der Waals surface area contributed by atoms with Crippen molar-refractivity contribution >= 4 is 15.9 Å². The number of nitriles is 1. The smallest absolute Gasteiger partial charge is 0.237 e. The lowest BCUT2D eigenvalue weighted by atomic mass is 10.2. The first-order valence-electron chi connectivity index (χ1n) is 6.89. The Hall–Kier alpha value is -2.98. The fourth-order valence-corrected chi connectivity index (χ4v) is 2.21. The fourth-order valence-electron chi connectivity index (χ4n) is 1.94. The second-order valence-corrected chi connectivity index (χ2v) is 5.55. The summed E-state index contributed by atoms with van der Waals surface area (Å²) in [5.41, 5.74) is 1.08. The maximum atomic E-state index is 8.97. The average molecular weight is 383 g/mol. The number of hydrogen-bond acceptors (Lipinski definition) is 6. The minimum Gasteiger partial charge on any atom is -0.497 e. The van der Waals surface area contributed by atoms with Crippen LogP contribution < -0.4 is 9.47 Å². The average Bonchev–Trinajstić information content (AvgIpc) is 2.64. The third-order valence-electron chi connectivity index (χ3n) is 3.11. The number of rotatable bonds is 4. The monoisotopic (exact) mass is 382 g/mol. The van der Waals surface area contributed by atoms with Gasteiger partial charge in [0.1, 0.15) is 17.6 Å². The fraction of sp³-hybridized carbons (Fsp3) is 0.0588. The van der Waals surface area contributed by atoms with Crippen LogP contribution in [0.4, 0.5) is 0 Å². The van der Waals surface area contributed by atoms with Crippen LogP contribution in [0.25, 0.3) is 11.4 Å². The Morgan fingerprint density at radius 1 is 1.08 bits per heavy atom. The van der Waals surface area contributed by atoms with E-state index in [1.54, 1.807) is 49.8 Å². The van der Waals surface area contributed by atoms with Crippen LogP contribution in [0.15, 0.2) is 53.4 Å². The molecule has 24 heavy (non-hydrogen) atoms. The molecule has 0 unspecified atom stereocenters. The van der Waals surface area contributed by atoms with E-state index in [1.165, 1.54) is 6.20 Å². The van der Waals surface area contributed by atoms with Crippen LogP contribution in [0.5, 0.6) is 17.4 Å². The molecule has 3 rings (SSSR count). The second-order valence-electron chi connectivity index (χ2n) is 4.70. The van der Waals surface area contributed by atoms with Gasteiger partial charge in [-0.05, 0) is 46.3 Å². The zero-order valence-corrected chi connectivity index (χ0v) is 14.2. The Kier molecular flexibility index (Phi) is 4.68. The van der Waals surface area contributed by atoms with E-state index in [9.17, 15) is 0 Å². The molecule has 2 aromatic heterocycles. The number of benzene rings is 1. The van der Waals surface area contributed by atoms with Crippen molar-refractivity contribution in [3.05, 3.63) is 59.0 Å². The van der Waals surface area contributed by atoms with Crippen molar-refractivity contribution in [3.8, 4) is 34.8 Å². The van der Waals surface area contributed by atoms with Crippen LogP contribution in [-0.4, -0.2) is 22.1 Å². The van der Waals surface area contributed by atoms with E-state index >= 15 is 0 Å². The molecule has 2 heterocycles. The maximum Gasteiger partial charge on any atom is 0.237 e. The number of nitrogens with zero attached hydrogens (tertiary/aromatic N) is 4. The Labute approximate surface area is 146 Å². The standard InChI is InChI=1S/C17H11BrN4O2/c1-23-13-2-4-14(5-3-13)24-17-15(18)10-21-16(22-17)12-6-11(7-19)8-20-9-12/h2-6,8-10H,1H3. The van der Waals surface area contributed by atoms with Crippen molar-refractivity contribution < 1.29 is 9.47 Å². The molecular weight excluding hydrogens is 372 g/mol. The topological polar surface area (TPSA) is 80.9 Å². The highest BCUT2D eigenvalue weighted by Crippen LogP contribution is 2.30. The molecule has 0 radical (unpaired) electrons. The molecule has 1 aromatic carbocycles. The summed E-state index contributed by atoms with van der Waals surface area (Å²) in [6.07, 6.45) is 4.68. The molecule has 0 aliphatic carbocycles. The SMILES string of the molecule is COc1ccc(Oc2nc(-c3cncc(C#N)c3)ncc2Br)cc1. The Bertz CT molecular complexity index is 907. The van der Waals surface area contributed by atoms with Crippen LogP contribution in [-0.2, 0) is 0 Å². The lowest BCUT2D eigenvalue weighted by Gasteiger charge is -2.09. The van der Waals surface area contributed by atoms with Crippen molar-refractivity contribution in [1.82, 2.24) is 15.0 Å². The van der Waals surface area contributed by atoms with Gasteiger partial charge in [-0.25, -0.2) is 4.98 Å². The van der Waals surface area contributed by atoms with Gasteiger partial charge < -0.3 is 9.47 Å². The summed E-state index contributed by atoms with van der Waals surface area (Å²) in [6.45, 7) is 0. The van der Waals surface area contributed by atoms with Crippen molar-refractivity contribution in [3.63, 3.8) is 0 Å². The lowest BCUT2D eigenvalue weighted by molar-refractivity contribution is 0.412. The Morgan fingerprint density at radius 3 is 2.54 bits per heavy atom. The number of halogens is 1. The molecule has 0 fully saturated rings. The second kappa shape index (κ2) is 7.06. The molecule has 0 aliphatic heterocycles. The van der Waals surface area contributed by atoms with Crippen molar-refractivity contribution in [1.29, 1.82) is 5.26 Å². The molecule has 118 valence electrons. The van der Waals surface area contributed by atoms with Crippen LogP contribution in [0.3, 0.4) is 0 Å². The summed E-state index contributed by atoms with van der Waals surface area (Å²) in [5, 5.41) is 8.97. The third-order valence-corrected chi connectivity index (χ3v) is 3.66. The largest absolute Gasteiger partial charge is 0.497 e. The van der Waals surface area contributed by atoms with Gasteiger partial charge in [-0.2, -0.15) is 10.2 Å². The van der Waals surface area contributed by atoms with Gasteiger partial charge >= 0.3 is 0 Å². The first-order chi connectivity index (χ1) is 11.7. The van der Waals surface area contributed by atoms with E-state index in [4.69, 9.17) is 14.7 Å². The zero-order chi connectivity index (χ0) is 16.9. The Morgan fingerprint density at radius 2 is 1.83 bits per heavy atom. The number of aromatic nitrogens is 3. The summed E-state index contributed by atoms with van der Waals surface area (Å²) in [6, 6.07) is 10.9. The normalized spacial score (nSPS) is 10.0. The van der Waals surface area contributed by atoms with E-state index in [0.717, 1.165) is 5.75 Å². The molecule has 0 amide bonds. The molecule has 0 spiro atoms. The molecule has 7 heteroatoms. The van der Waals surface area contributed by atoms with Gasteiger partial charge in [-0.1, -0.05) is 0 Å². The Balaban J connectivity index is 1.92. The van der Waals surface area contributed by atoms with E-state index < -0.39 is 0 Å². The van der Waals surface area contributed by atoms with Crippen LogP contribution >= 0.6 is 15.9 Å². The van der Waals surface area contributed by atoms with Gasteiger partial charge in [-0.15, -0.1) is 0 Å². The van der Waals surface area contributed by atoms with Gasteiger partial charge in [0.25, 0.3) is 0 Å². The number of hydrogen-bond donors (Lipinski definition) is 0. The van der Waals surface area contributed by atoms with Crippen molar-refractivity contribution in [2.24, 2.45) is 0 Å². The van der Waals surface area contributed by atoms with Crippen molar-refractivity contribution in [2.45, 2.75) is 0 Å². The van der Waals surface area contributed by atoms with Gasteiger partial charge in [0, 0.05) is 24.2 Å². The van der Waals surface area contributed by atoms with Crippen LogP contribution in [0.2, 0.25) is 0 Å². The highest BCUT2D eigenvalue weighted by molar-refractivity contribution is 9.10. The number of pyridine rings is 1. The molecule has 3 aromatic rings. The van der Waals surface area contributed by atoms with Gasteiger partial charge in [0.05, 0.1) is 17.1 Å². The molecule has 6 nitrogen and oxygen atoms in total. The molecule has 0 atom stereocenters. The van der Waals surface area contributed by atoms with Crippen LogP contribution in [0.1, 0.15) is 5.56 Å². The van der Waals surface area contributed by atoms with E-state index in [2.05, 4.69) is 30.9 Å². The maximum absolute atomic E-state index is 8.97. The minimum atomic E-state index is 0.368. The molecule has 0 saturated heterocycles. The minimum absolute atomic E-state index is 0.368. The summed E-state index contributed by atoms with van der Waals surface area (Å²) in [4.78, 5) is 12.7. The predicted octanol–water partition coefficient (Wildman–Crippen LogP) is 3.97. The highest BCUT2D eigenvalue weighted by atomic mass is 79.9. The summed E-state index contributed by atoms with van der Waals surface area (Å²) < 4.78 is 11.5. The number of methoxy groups -OCH3 is 1. The summed E-state index contributed by atoms with van der Waals surface area (Å²) in [7, 11) is 1.60. The highest BCUT2D eigenvalue weighted by Gasteiger charge is 2.10. The third kappa shape index (κ3) is 3.50. The molecule has 0 aliphatic rings. The molecular formula is C17H11BrN4O2. The summed E-state index contributed by atoms with van der Waals surface area (Å²) >= 11 is 3.37. The molecule has 0 N–H and O–H groups in total. The molecule has 0 bridgehead atoms. The predicted molar refractivity (Wildman–Crippen MR) is 90.7 cm³/mol. The van der Waals surface area contributed by atoms with Gasteiger partial charge in [-0.3, -0.25) is 4.98 Å². The van der Waals surface area contributed by atoms with Gasteiger partial charge in [0.15, 0.2) is 5.82 Å². The van der Waals surface area contributed by atoms with E-state index in [-0.39, 0.29) is 0 Å². The summed E-state index contributed by atoms with van der Waals surface area (Å²) in [5.74, 6) is 2.15. The zero-order valence-electron chi connectivity index (χ0n) is 12.6. The van der Waals surface area contributed by atoms with E-state index in [1.807, 2.05) is 6.07 Å². The quantitative estimate of drug-likeness (QED) is 0.678.